The minimum Gasteiger partial charge on any atom is -0.496 e. The van der Waals surface area contributed by atoms with Crippen LogP contribution in [0.4, 0.5) is 0 Å². The van der Waals surface area contributed by atoms with Gasteiger partial charge in [0.15, 0.2) is 11.9 Å². The van der Waals surface area contributed by atoms with Crippen molar-refractivity contribution >= 4 is 46.2 Å². The fraction of sp³-hybridized carbons (Fsp3) is 0.545. The molecule has 2 amide bonds. The van der Waals surface area contributed by atoms with E-state index in [9.17, 15) is 29.4 Å². The number of benzene rings is 1. The Balaban J connectivity index is 2.12. The van der Waals surface area contributed by atoms with Crippen molar-refractivity contribution in [3.05, 3.63) is 27.3 Å². The van der Waals surface area contributed by atoms with Crippen molar-refractivity contribution in [2.75, 3.05) is 20.2 Å². The molecule has 5 atom stereocenters. The van der Waals surface area contributed by atoms with E-state index in [0.29, 0.717) is 5.75 Å². The molecule has 10 nitrogen and oxygen atoms in total. The van der Waals surface area contributed by atoms with Gasteiger partial charge in [0.1, 0.15) is 11.8 Å². The molecule has 0 saturated carbocycles. The number of aliphatic hydroxyl groups excluding tert-OH is 1. The predicted molar refractivity (Wildman–Crippen MR) is 128 cm³/mol. The number of halogens is 1. The smallest absolute Gasteiger partial charge is 0.305 e. The van der Waals surface area contributed by atoms with E-state index < -0.39 is 54.1 Å². The lowest BCUT2D eigenvalue weighted by molar-refractivity contribution is -0.141. The number of rotatable bonds is 12. The van der Waals surface area contributed by atoms with Crippen LogP contribution in [0.15, 0.2) is 18.2 Å². The van der Waals surface area contributed by atoms with Gasteiger partial charge >= 0.3 is 5.97 Å². The van der Waals surface area contributed by atoms with Crippen LogP contribution in [-0.4, -0.2) is 77.0 Å². The van der Waals surface area contributed by atoms with Crippen LogP contribution >= 0.6 is 22.6 Å². The number of ketones is 1. The first-order valence-electron chi connectivity index (χ1n) is 10.5. The van der Waals surface area contributed by atoms with Crippen molar-refractivity contribution in [2.24, 2.45) is 5.92 Å². The molecule has 0 aliphatic carbocycles. The summed E-state index contributed by atoms with van der Waals surface area (Å²) in [6.45, 7) is 6.10. The van der Waals surface area contributed by atoms with E-state index in [4.69, 9.17) is 4.74 Å². The number of carboxylic acids is 1. The van der Waals surface area contributed by atoms with Crippen LogP contribution in [0.3, 0.4) is 0 Å². The van der Waals surface area contributed by atoms with Crippen molar-refractivity contribution in [3.63, 3.8) is 0 Å². The second-order valence-electron chi connectivity index (χ2n) is 8.42. The molecule has 1 saturated heterocycles. The summed E-state index contributed by atoms with van der Waals surface area (Å²) >= 11 is 2.04. The Kier molecular flexibility index (Phi) is 9.61. The summed E-state index contributed by atoms with van der Waals surface area (Å²) < 4.78 is 5.99. The normalized spacial score (nSPS) is 19.8. The number of amides is 2. The first kappa shape index (κ1) is 27.0. The van der Waals surface area contributed by atoms with E-state index in [1.54, 1.807) is 32.0 Å². The highest BCUT2D eigenvalue weighted by atomic mass is 127. The first-order valence-corrected chi connectivity index (χ1v) is 11.6. The van der Waals surface area contributed by atoms with Gasteiger partial charge in [-0.05, 0) is 53.6 Å². The lowest BCUT2D eigenvalue weighted by atomic mass is 10.0. The molecule has 4 N–H and O–H groups in total. The van der Waals surface area contributed by atoms with Crippen LogP contribution in [0, 0.1) is 9.49 Å². The summed E-state index contributed by atoms with van der Waals surface area (Å²) in [4.78, 5) is 51.3. The highest BCUT2D eigenvalue weighted by Gasteiger charge is 2.36. The largest absolute Gasteiger partial charge is 0.496 e. The Bertz CT molecular complexity index is 908. The van der Waals surface area contributed by atoms with Crippen molar-refractivity contribution in [1.82, 2.24) is 15.5 Å². The number of carbonyl (C=O) groups excluding carboxylic acids is 3. The molecule has 0 spiro atoms. The Labute approximate surface area is 206 Å². The van der Waals surface area contributed by atoms with Crippen molar-refractivity contribution < 1.29 is 34.1 Å². The molecule has 33 heavy (non-hydrogen) atoms. The van der Waals surface area contributed by atoms with Crippen LogP contribution in [0.2, 0.25) is 0 Å². The van der Waals surface area contributed by atoms with Gasteiger partial charge < -0.3 is 25.6 Å². The maximum Gasteiger partial charge on any atom is 0.305 e. The minimum absolute atomic E-state index is 0.0449. The second-order valence-corrected chi connectivity index (χ2v) is 9.67. The van der Waals surface area contributed by atoms with Gasteiger partial charge in [0.05, 0.1) is 26.1 Å². The number of hydrogen-bond donors (Lipinski definition) is 4. The summed E-state index contributed by atoms with van der Waals surface area (Å²) in [6, 6.07) is 2.92. The maximum absolute atomic E-state index is 12.9. The van der Waals surface area contributed by atoms with Gasteiger partial charge in [0.2, 0.25) is 5.91 Å². The quantitative estimate of drug-likeness (QED) is 0.211. The van der Waals surface area contributed by atoms with E-state index in [-0.39, 0.29) is 18.2 Å². The zero-order valence-corrected chi connectivity index (χ0v) is 21.2. The van der Waals surface area contributed by atoms with Gasteiger partial charge in [0.25, 0.3) is 5.91 Å². The van der Waals surface area contributed by atoms with Gasteiger partial charge in [-0.2, -0.15) is 0 Å². The Morgan fingerprint density at radius 3 is 2.36 bits per heavy atom. The number of carbonyl (C=O) groups is 4. The summed E-state index contributed by atoms with van der Waals surface area (Å²) in [7, 11) is 1.42. The van der Waals surface area contributed by atoms with Crippen molar-refractivity contribution in [1.29, 1.82) is 0 Å². The fourth-order valence-corrected chi connectivity index (χ4v) is 3.85. The molecule has 1 aromatic rings. The molecule has 0 bridgehead atoms. The van der Waals surface area contributed by atoms with Crippen LogP contribution in [-0.2, 0) is 19.2 Å². The second kappa shape index (κ2) is 11.7. The molecule has 1 heterocycles. The van der Waals surface area contributed by atoms with Crippen molar-refractivity contribution in [3.8, 4) is 5.75 Å². The topological polar surface area (TPSA) is 145 Å². The summed E-state index contributed by atoms with van der Waals surface area (Å²) in [5, 5.41) is 24.8. The molecule has 11 heteroatoms. The van der Waals surface area contributed by atoms with Gasteiger partial charge in [0, 0.05) is 21.7 Å². The van der Waals surface area contributed by atoms with E-state index in [1.165, 1.54) is 7.11 Å². The number of nitrogens with zero attached hydrogens (tertiary/aromatic N) is 1. The van der Waals surface area contributed by atoms with Gasteiger partial charge in [-0.1, -0.05) is 13.8 Å². The van der Waals surface area contributed by atoms with E-state index in [1.807, 2.05) is 34.4 Å². The number of nitrogens with one attached hydrogen (secondary N) is 2. The minimum atomic E-state index is -1.59. The number of Topliss-reactive ketones (excluding diaryl/α,β-unsaturated/α-hetero) is 1. The van der Waals surface area contributed by atoms with Crippen molar-refractivity contribution in [2.45, 2.75) is 51.4 Å². The van der Waals surface area contributed by atoms with Crippen LogP contribution in [0.25, 0.3) is 0 Å². The average Bonchev–Trinajstić information content (AvgIpc) is 3.43. The third-order valence-electron chi connectivity index (χ3n) is 5.41. The number of ether oxygens (including phenoxy) is 1. The predicted octanol–water partition coefficient (Wildman–Crippen LogP) is 0.707. The number of aliphatic hydroxyl groups is 1. The summed E-state index contributed by atoms with van der Waals surface area (Å²) in [5.74, 6) is -3.22. The van der Waals surface area contributed by atoms with Gasteiger partial charge in [-0.15, -0.1) is 0 Å². The average molecular weight is 575 g/mol. The molecule has 0 aromatic heterocycles. The molecule has 1 aliphatic rings. The number of carboxylic acid groups (broad SMARTS) is 1. The molecule has 2 rings (SSSR count). The zero-order chi connectivity index (χ0) is 24.9. The molecule has 1 aliphatic heterocycles. The summed E-state index contributed by atoms with van der Waals surface area (Å²) in [5.41, 5.74) is 0.247. The number of hydrogen-bond acceptors (Lipinski definition) is 7. The molecule has 4 unspecified atom stereocenters. The lowest BCUT2D eigenvalue weighted by Gasteiger charge is -2.26. The summed E-state index contributed by atoms with van der Waals surface area (Å²) in [6.07, 6.45) is -2.15. The SMILES string of the molecule is COc1ccc(I)cc1C(O)C(=O)N[C@H](C(=O)NC(CC(=O)O)C(=O)CN1CC1C)C(C)C. The first-order chi connectivity index (χ1) is 15.4. The van der Waals surface area contributed by atoms with Crippen LogP contribution in [0.1, 0.15) is 38.9 Å². The molecule has 0 radical (unpaired) electrons. The molecule has 1 fully saturated rings. The Hall–Kier alpha value is -2.25. The molecule has 1 aromatic carbocycles. The molecular formula is C22H30IN3O7. The monoisotopic (exact) mass is 575 g/mol. The third kappa shape index (κ3) is 7.64. The maximum atomic E-state index is 12.9. The lowest BCUT2D eigenvalue weighted by Crippen LogP contribution is -2.55. The van der Waals surface area contributed by atoms with Crippen LogP contribution in [0.5, 0.6) is 5.75 Å². The standard InChI is InChI=1S/C22H30IN3O7/c1-11(2)19(25-22(32)20(30)14-7-13(23)5-6-17(14)33-4)21(31)24-15(8-18(28)29)16(27)10-26-9-12(26)3/h5-7,11-12,15,19-20,30H,8-10H2,1-4H3,(H,24,31)(H,25,32)(H,28,29)/t12?,15?,19-,20?,26?/m0/s1. The van der Waals surface area contributed by atoms with Crippen LogP contribution < -0.4 is 15.4 Å². The number of methoxy groups -OCH3 is 1. The van der Waals surface area contributed by atoms with E-state index in [0.717, 1.165) is 10.1 Å². The molecule has 182 valence electrons. The third-order valence-corrected chi connectivity index (χ3v) is 6.08. The zero-order valence-electron chi connectivity index (χ0n) is 19.0. The van der Waals surface area contributed by atoms with Gasteiger partial charge in [-0.25, -0.2) is 0 Å². The van der Waals surface area contributed by atoms with Gasteiger partial charge in [-0.3, -0.25) is 24.1 Å². The van der Waals surface area contributed by atoms with E-state index >= 15 is 0 Å². The number of aliphatic carboxylic acids is 1. The highest BCUT2D eigenvalue weighted by molar-refractivity contribution is 14.1. The highest BCUT2D eigenvalue weighted by Crippen LogP contribution is 2.27. The van der Waals surface area contributed by atoms with E-state index in [2.05, 4.69) is 10.6 Å². The Morgan fingerprint density at radius 2 is 1.85 bits per heavy atom. The fourth-order valence-electron chi connectivity index (χ4n) is 3.33. The Morgan fingerprint density at radius 1 is 1.21 bits per heavy atom. The molecular weight excluding hydrogens is 545 g/mol.